The van der Waals surface area contributed by atoms with Crippen LogP contribution in [0.25, 0.3) is 0 Å². The van der Waals surface area contributed by atoms with Crippen LogP contribution in [-0.4, -0.2) is 25.7 Å². The number of hydrazine groups is 1. The lowest BCUT2D eigenvalue weighted by Crippen LogP contribution is -2.39. The van der Waals surface area contributed by atoms with Crippen LogP contribution in [0.1, 0.15) is 23.6 Å². The minimum Gasteiger partial charge on any atom is -0.495 e. The van der Waals surface area contributed by atoms with E-state index in [4.69, 9.17) is 9.47 Å². The van der Waals surface area contributed by atoms with Crippen LogP contribution < -0.4 is 25.6 Å². The lowest BCUT2D eigenvalue weighted by atomic mass is 9.99. The van der Waals surface area contributed by atoms with E-state index in [1.54, 1.807) is 7.11 Å². The van der Waals surface area contributed by atoms with Crippen LogP contribution in [-0.2, 0) is 11.2 Å². The smallest absolute Gasteiger partial charge is 0.243 e. The van der Waals surface area contributed by atoms with Crippen LogP contribution in [0.4, 0.5) is 5.69 Å². The SMILES string of the molecule is COc1ccccc1NC(=O)C1CC(c2ccc3c(c2)CCO3)NN1. The summed E-state index contributed by atoms with van der Waals surface area (Å²) in [5.74, 6) is 1.54. The largest absolute Gasteiger partial charge is 0.495 e. The zero-order chi connectivity index (χ0) is 17.2. The number of ether oxygens (including phenoxy) is 2. The molecule has 0 aliphatic carbocycles. The highest BCUT2D eigenvalue weighted by Gasteiger charge is 2.31. The van der Waals surface area contributed by atoms with Crippen molar-refractivity contribution in [2.45, 2.75) is 24.9 Å². The minimum atomic E-state index is -0.306. The molecule has 0 bridgehead atoms. The van der Waals surface area contributed by atoms with E-state index in [1.807, 2.05) is 30.3 Å². The first-order chi connectivity index (χ1) is 12.2. The zero-order valence-electron chi connectivity index (χ0n) is 14.0. The summed E-state index contributed by atoms with van der Waals surface area (Å²) in [6, 6.07) is 13.4. The Kier molecular flexibility index (Phi) is 4.29. The Hall–Kier alpha value is -2.57. The molecule has 2 unspecified atom stereocenters. The molecule has 25 heavy (non-hydrogen) atoms. The Labute approximate surface area is 146 Å². The van der Waals surface area contributed by atoms with Gasteiger partial charge < -0.3 is 14.8 Å². The number of amides is 1. The first kappa shape index (κ1) is 15.9. The average molecular weight is 339 g/mol. The van der Waals surface area contributed by atoms with Crippen molar-refractivity contribution in [1.82, 2.24) is 10.9 Å². The van der Waals surface area contributed by atoms with E-state index in [2.05, 4.69) is 28.3 Å². The molecule has 2 aromatic carbocycles. The van der Waals surface area contributed by atoms with Gasteiger partial charge in [0.1, 0.15) is 17.5 Å². The summed E-state index contributed by atoms with van der Waals surface area (Å²) in [5.41, 5.74) is 9.41. The Bertz CT molecular complexity index is 793. The van der Waals surface area contributed by atoms with Gasteiger partial charge in [-0.05, 0) is 35.7 Å². The summed E-state index contributed by atoms with van der Waals surface area (Å²) in [4.78, 5) is 12.6. The highest BCUT2D eigenvalue weighted by molar-refractivity contribution is 5.96. The molecule has 0 spiro atoms. The lowest BCUT2D eigenvalue weighted by molar-refractivity contribution is -0.117. The summed E-state index contributed by atoms with van der Waals surface area (Å²) < 4.78 is 10.8. The van der Waals surface area contributed by atoms with Crippen molar-refractivity contribution in [1.29, 1.82) is 0 Å². The van der Waals surface area contributed by atoms with Crippen molar-refractivity contribution in [3.8, 4) is 11.5 Å². The number of para-hydroxylation sites is 2. The van der Waals surface area contributed by atoms with E-state index < -0.39 is 0 Å². The second kappa shape index (κ2) is 6.74. The fourth-order valence-electron chi connectivity index (χ4n) is 3.34. The van der Waals surface area contributed by atoms with E-state index in [-0.39, 0.29) is 18.0 Å². The van der Waals surface area contributed by atoms with Crippen LogP contribution in [0, 0.1) is 0 Å². The molecular weight excluding hydrogens is 318 g/mol. The van der Waals surface area contributed by atoms with Gasteiger partial charge >= 0.3 is 0 Å². The van der Waals surface area contributed by atoms with Gasteiger partial charge in [0.2, 0.25) is 5.91 Å². The number of hydrogen-bond donors (Lipinski definition) is 3. The number of methoxy groups -OCH3 is 1. The number of nitrogens with one attached hydrogen (secondary N) is 3. The van der Waals surface area contributed by atoms with Crippen molar-refractivity contribution >= 4 is 11.6 Å². The van der Waals surface area contributed by atoms with Gasteiger partial charge in [-0.25, -0.2) is 10.9 Å². The predicted molar refractivity (Wildman–Crippen MR) is 94.7 cm³/mol. The van der Waals surface area contributed by atoms with Gasteiger partial charge in [-0.1, -0.05) is 24.3 Å². The van der Waals surface area contributed by atoms with Crippen molar-refractivity contribution in [3.05, 3.63) is 53.6 Å². The molecule has 2 aliphatic rings. The van der Waals surface area contributed by atoms with Crippen molar-refractivity contribution in [3.63, 3.8) is 0 Å². The Morgan fingerprint density at radius 1 is 1.24 bits per heavy atom. The minimum absolute atomic E-state index is 0.0796. The molecule has 0 saturated carbocycles. The summed E-state index contributed by atoms with van der Waals surface area (Å²) >= 11 is 0. The third-order valence-electron chi connectivity index (χ3n) is 4.70. The molecule has 2 aromatic rings. The van der Waals surface area contributed by atoms with E-state index >= 15 is 0 Å². The Morgan fingerprint density at radius 2 is 2.12 bits per heavy atom. The summed E-state index contributed by atoms with van der Waals surface area (Å²) in [6.45, 7) is 0.749. The molecule has 1 saturated heterocycles. The fraction of sp³-hybridized carbons (Fsp3) is 0.316. The molecule has 2 heterocycles. The summed E-state index contributed by atoms with van der Waals surface area (Å²) in [5, 5.41) is 2.93. The molecule has 2 aliphatic heterocycles. The molecule has 3 N–H and O–H groups in total. The number of fused-ring (bicyclic) bond motifs is 1. The average Bonchev–Trinajstić information content (AvgIpc) is 3.30. The first-order valence-corrected chi connectivity index (χ1v) is 8.45. The highest BCUT2D eigenvalue weighted by Crippen LogP contribution is 2.31. The second-order valence-electron chi connectivity index (χ2n) is 6.28. The molecule has 0 radical (unpaired) electrons. The maximum atomic E-state index is 12.6. The maximum Gasteiger partial charge on any atom is 0.243 e. The first-order valence-electron chi connectivity index (χ1n) is 8.45. The molecule has 6 heteroatoms. The number of benzene rings is 2. The van der Waals surface area contributed by atoms with Gasteiger partial charge in [0.05, 0.1) is 19.4 Å². The van der Waals surface area contributed by atoms with Gasteiger partial charge in [-0.3, -0.25) is 4.79 Å². The maximum absolute atomic E-state index is 12.6. The molecule has 4 rings (SSSR count). The number of carbonyl (C=O) groups is 1. The van der Waals surface area contributed by atoms with E-state index in [0.717, 1.165) is 18.8 Å². The van der Waals surface area contributed by atoms with Gasteiger partial charge in [-0.15, -0.1) is 0 Å². The van der Waals surface area contributed by atoms with Crippen molar-refractivity contribution < 1.29 is 14.3 Å². The number of carbonyl (C=O) groups excluding carboxylic acids is 1. The molecule has 1 fully saturated rings. The Morgan fingerprint density at radius 3 is 3.00 bits per heavy atom. The molecule has 0 aromatic heterocycles. The van der Waals surface area contributed by atoms with E-state index in [9.17, 15) is 4.79 Å². The second-order valence-corrected chi connectivity index (χ2v) is 6.28. The summed E-state index contributed by atoms with van der Waals surface area (Å²) in [7, 11) is 1.59. The van der Waals surface area contributed by atoms with Gasteiger partial charge in [0.15, 0.2) is 0 Å². The van der Waals surface area contributed by atoms with E-state index in [1.165, 1.54) is 11.1 Å². The topological polar surface area (TPSA) is 71.6 Å². The van der Waals surface area contributed by atoms with Crippen LogP contribution in [0.2, 0.25) is 0 Å². The third-order valence-corrected chi connectivity index (χ3v) is 4.70. The monoisotopic (exact) mass is 339 g/mol. The quantitative estimate of drug-likeness (QED) is 0.796. The molecule has 1 amide bonds. The molecule has 130 valence electrons. The highest BCUT2D eigenvalue weighted by atomic mass is 16.5. The molecular formula is C19H21N3O3. The van der Waals surface area contributed by atoms with Crippen LogP contribution in [0.15, 0.2) is 42.5 Å². The van der Waals surface area contributed by atoms with Crippen LogP contribution >= 0.6 is 0 Å². The van der Waals surface area contributed by atoms with Crippen molar-refractivity contribution in [2.75, 3.05) is 19.0 Å². The third kappa shape index (κ3) is 3.18. The molecule has 2 atom stereocenters. The van der Waals surface area contributed by atoms with Gasteiger partial charge in [-0.2, -0.15) is 0 Å². The zero-order valence-corrected chi connectivity index (χ0v) is 14.0. The molecule has 6 nitrogen and oxygen atoms in total. The number of anilines is 1. The van der Waals surface area contributed by atoms with Crippen LogP contribution in [0.3, 0.4) is 0 Å². The van der Waals surface area contributed by atoms with Gasteiger partial charge in [0, 0.05) is 12.5 Å². The van der Waals surface area contributed by atoms with Crippen molar-refractivity contribution in [2.24, 2.45) is 0 Å². The Balaban J connectivity index is 1.42. The number of hydrogen-bond acceptors (Lipinski definition) is 5. The lowest BCUT2D eigenvalue weighted by Gasteiger charge is -2.13. The summed E-state index contributed by atoms with van der Waals surface area (Å²) in [6.07, 6.45) is 1.63. The standard InChI is InChI=1S/C19H21N3O3/c1-24-18-5-3-2-4-14(18)20-19(23)16-11-15(21-22-16)12-6-7-17-13(10-12)8-9-25-17/h2-7,10,15-16,21-22H,8-9,11H2,1H3,(H,20,23). The normalized spacial score (nSPS) is 21.5. The van der Waals surface area contributed by atoms with Gasteiger partial charge in [0.25, 0.3) is 0 Å². The predicted octanol–water partition coefficient (Wildman–Crippen LogP) is 2.18. The van der Waals surface area contributed by atoms with Crippen LogP contribution in [0.5, 0.6) is 11.5 Å². The fourth-order valence-corrected chi connectivity index (χ4v) is 3.34. The van der Waals surface area contributed by atoms with E-state index in [0.29, 0.717) is 17.9 Å². The number of rotatable bonds is 4.